The molecule has 0 saturated heterocycles. The third-order valence-corrected chi connectivity index (χ3v) is 2.14. The van der Waals surface area contributed by atoms with Crippen molar-refractivity contribution in [3.8, 4) is 0 Å². The molecule has 1 amide bonds. The van der Waals surface area contributed by atoms with Crippen LogP contribution in [0.15, 0.2) is 0 Å². The van der Waals surface area contributed by atoms with Gasteiger partial charge in [0.2, 0.25) is 10.0 Å². The average Bonchev–Trinajstić information content (AvgIpc) is 1.95. The number of hydrogen-bond acceptors (Lipinski definition) is 5. The Morgan fingerprint density at radius 2 is 1.73 bits per heavy atom. The molecule has 0 aliphatic carbocycles. The van der Waals surface area contributed by atoms with Crippen molar-refractivity contribution in [3.05, 3.63) is 0 Å². The first-order valence-corrected chi connectivity index (χ1v) is 6.48. The lowest BCUT2D eigenvalue weighted by molar-refractivity contribution is -0.123. The zero-order valence-electron chi connectivity index (χ0n) is 9.31. The molecule has 0 aromatic heterocycles. The van der Waals surface area contributed by atoms with Crippen LogP contribution in [0.25, 0.3) is 0 Å². The summed E-state index contributed by atoms with van der Waals surface area (Å²) in [7, 11) is -3.59. The van der Waals surface area contributed by atoms with Crippen LogP contribution in [0.5, 0.6) is 0 Å². The second kappa shape index (κ2) is 5.43. The second-order valence-electron chi connectivity index (χ2n) is 3.78. The van der Waals surface area contributed by atoms with Crippen LogP contribution in [0, 0.1) is 0 Å². The number of aliphatic hydroxyl groups excluding tert-OH is 1. The molecular weight excluding hydrogens is 220 g/mol. The van der Waals surface area contributed by atoms with Crippen molar-refractivity contribution >= 4 is 15.9 Å². The molecule has 90 valence electrons. The van der Waals surface area contributed by atoms with Crippen molar-refractivity contribution in [3.63, 3.8) is 0 Å². The van der Waals surface area contributed by atoms with E-state index in [0.29, 0.717) is 0 Å². The van der Waals surface area contributed by atoms with E-state index in [1.165, 1.54) is 6.92 Å². The van der Waals surface area contributed by atoms with Crippen LogP contribution >= 0.6 is 0 Å². The van der Waals surface area contributed by atoms with E-state index in [4.69, 9.17) is 0 Å². The van der Waals surface area contributed by atoms with Gasteiger partial charge in [0.05, 0.1) is 12.4 Å². The summed E-state index contributed by atoms with van der Waals surface area (Å²) in [5, 5.41) is 12.1. The van der Waals surface area contributed by atoms with Crippen LogP contribution < -0.4 is 10.0 Å². The van der Waals surface area contributed by atoms with Crippen molar-refractivity contribution in [2.75, 3.05) is 6.26 Å². The number of rotatable bonds is 5. The molecule has 0 heterocycles. The van der Waals surface area contributed by atoms with E-state index in [0.717, 1.165) is 6.26 Å². The van der Waals surface area contributed by atoms with E-state index in [-0.39, 0.29) is 6.04 Å². The molecule has 0 aromatic carbocycles. The first kappa shape index (κ1) is 14.3. The zero-order valence-corrected chi connectivity index (χ0v) is 10.1. The van der Waals surface area contributed by atoms with Gasteiger partial charge in [0.15, 0.2) is 0 Å². The number of nitrogens with one attached hydrogen (secondary N) is 2. The number of sulfonamides is 1. The molecule has 0 aliphatic rings. The summed E-state index contributed by atoms with van der Waals surface area (Å²) in [5.74, 6) is -0.749. The average molecular weight is 238 g/mol. The first-order valence-electron chi connectivity index (χ1n) is 4.59. The van der Waals surface area contributed by atoms with E-state index in [2.05, 4.69) is 5.32 Å². The van der Waals surface area contributed by atoms with Gasteiger partial charge in [-0.05, 0) is 6.92 Å². The first-order chi connectivity index (χ1) is 6.63. The molecule has 0 rings (SSSR count). The second-order valence-corrected chi connectivity index (χ2v) is 5.53. The highest BCUT2D eigenvalue weighted by Crippen LogP contribution is 1.96. The fraction of sp³-hybridized carbons (Fsp3) is 0.875. The molecule has 0 aromatic rings. The topological polar surface area (TPSA) is 95.5 Å². The summed E-state index contributed by atoms with van der Waals surface area (Å²) < 4.78 is 23.4. The highest BCUT2D eigenvalue weighted by atomic mass is 32.2. The molecule has 0 radical (unpaired) electrons. The van der Waals surface area contributed by atoms with Crippen LogP contribution in [0.3, 0.4) is 0 Å². The molecule has 0 unspecified atom stereocenters. The lowest BCUT2D eigenvalue weighted by Crippen LogP contribution is -2.53. The minimum atomic E-state index is -3.59. The Kier molecular flexibility index (Phi) is 5.19. The Labute approximate surface area is 90.1 Å². The van der Waals surface area contributed by atoms with Crippen molar-refractivity contribution in [1.29, 1.82) is 0 Å². The summed E-state index contributed by atoms with van der Waals surface area (Å²) in [6.07, 6.45) is -0.0755. The number of hydrogen-bond donors (Lipinski definition) is 3. The quantitative estimate of drug-likeness (QED) is 0.560. The summed E-state index contributed by atoms with van der Waals surface area (Å²) in [6, 6.07) is -0.963. The van der Waals surface area contributed by atoms with Crippen molar-refractivity contribution in [1.82, 2.24) is 10.0 Å². The fourth-order valence-corrected chi connectivity index (χ4v) is 1.53. The lowest BCUT2D eigenvalue weighted by atomic mass is 10.1. The van der Waals surface area contributed by atoms with Gasteiger partial charge in [-0.1, -0.05) is 13.8 Å². The smallest absolute Gasteiger partial charge is 0.253 e. The number of amides is 1. The lowest BCUT2D eigenvalue weighted by Gasteiger charge is -2.22. The minimum Gasteiger partial charge on any atom is -0.391 e. The molecule has 7 heteroatoms. The van der Waals surface area contributed by atoms with Crippen LogP contribution in [0.1, 0.15) is 20.8 Å². The van der Waals surface area contributed by atoms with Gasteiger partial charge in [0, 0.05) is 6.04 Å². The number of aliphatic hydroxyl groups is 1. The number of carbonyl (C=O) groups excluding carboxylic acids is 1. The normalized spacial score (nSPS) is 16.1. The molecule has 15 heavy (non-hydrogen) atoms. The van der Waals surface area contributed by atoms with Crippen LogP contribution in [0.4, 0.5) is 0 Å². The van der Waals surface area contributed by atoms with Gasteiger partial charge >= 0.3 is 0 Å². The maximum atomic E-state index is 11.4. The summed E-state index contributed by atoms with van der Waals surface area (Å²) in [5.41, 5.74) is 0. The Hall–Kier alpha value is -0.660. The highest BCUT2D eigenvalue weighted by Gasteiger charge is 2.25. The van der Waals surface area contributed by atoms with Crippen molar-refractivity contribution < 1.29 is 18.3 Å². The molecule has 0 spiro atoms. The minimum absolute atomic E-state index is 0.0325. The van der Waals surface area contributed by atoms with E-state index in [1.54, 1.807) is 13.8 Å². The zero-order chi connectivity index (χ0) is 12.2. The Bertz CT molecular complexity index is 311. The van der Waals surface area contributed by atoms with E-state index in [9.17, 15) is 18.3 Å². The maximum Gasteiger partial charge on any atom is 0.253 e. The third kappa shape index (κ3) is 6.43. The standard InChI is InChI=1S/C8H18N2O4S/c1-5(2)9-7(6(3)11)8(12)10-15(4,13)14/h5-7,9,11H,1-4H3,(H,10,12)/t6-,7+/m1/s1. The van der Waals surface area contributed by atoms with E-state index >= 15 is 0 Å². The van der Waals surface area contributed by atoms with Gasteiger partial charge in [-0.25, -0.2) is 8.42 Å². The summed E-state index contributed by atoms with van der Waals surface area (Å²) >= 11 is 0. The molecule has 0 fully saturated rings. The van der Waals surface area contributed by atoms with Crippen molar-refractivity contribution in [2.24, 2.45) is 0 Å². The molecule has 2 atom stereocenters. The van der Waals surface area contributed by atoms with E-state index < -0.39 is 28.1 Å². The van der Waals surface area contributed by atoms with Gasteiger partial charge in [-0.15, -0.1) is 0 Å². The maximum absolute atomic E-state index is 11.4. The third-order valence-electron chi connectivity index (χ3n) is 1.56. The van der Waals surface area contributed by atoms with Crippen LogP contribution in [0.2, 0.25) is 0 Å². The van der Waals surface area contributed by atoms with Gasteiger partial charge in [-0.3, -0.25) is 9.52 Å². The molecular formula is C8H18N2O4S. The summed E-state index contributed by atoms with van der Waals surface area (Å²) in [6.45, 7) is 5.01. The van der Waals surface area contributed by atoms with Gasteiger partial charge < -0.3 is 10.4 Å². The molecule has 0 bridgehead atoms. The molecule has 0 aliphatic heterocycles. The SMILES string of the molecule is CC(C)N[C@H](C(=O)NS(C)(=O)=O)[C@@H](C)O. The summed E-state index contributed by atoms with van der Waals surface area (Å²) in [4.78, 5) is 11.4. The van der Waals surface area contributed by atoms with Gasteiger partial charge in [-0.2, -0.15) is 0 Å². The van der Waals surface area contributed by atoms with Gasteiger partial charge in [0.1, 0.15) is 6.04 Å². The van der Waals surface area contributed by atoms with Crippen molar-refractivity contribution in [2.45, 2.75) is 39.0 Å². The molecule has 0 saturated carbocycles. The predicted octanol–water partition coefficient (Wildman–Crippen LogP) is -1.19. The largest absolute Gasteiger partial charge is 0.391 e. The van der Waals surface area contributed by atoms with Crippen LogP contribution in [-0.2, 0) is 14.8 Å². The fourth-order valence-electron chi connectivity index (χ4n) is 1.04. The molecule has 6 nitrogen and oxygen atoms in total. The highest BCUT2D eigenvalue weighted by molar-refractivity contribution is 7.89. The Balaban J connectivity index is 4.57. The van der Waals surface area contributed by atoms with Crippen LogP contribution in [-0.4, -0.2) is 43.9 Å². The monoisotopic (exact) mass is 238 g/mol. The Morgan fingerprint density at radius 3 is 2.00 bits per heavy atom. The van der Waals surface area contributed by atoms with E-state index in [1.807, 2.05) is 4.72 Å². The predicted molar refractivity (Wildman–Crippen MR) is 56.7 cm³/mol. The van der Waals surface area contributed by atoms with Gasteiger partial charge in [0.25, 0.3) is 5.91 Å². The number of carbonyl (C=O) groups is 1. The molecule has 3 N–H and O–H groups in total. The Morgan fingerprint density at radius 1 is 1.27 bits per heavy atom.